The third-order valence-electron chi connectivity index (χ3n) is 5.21. The minimum atomic E-state index is -0.513. The number of ether oxygens (including phenoxy) is 2. The van der Waals surface area contributed by atoms with Crippen LogP contribution >= 0.6 is 12.2 Å². The highest BCUT2D eigenvalue weighted by Gasteiger charge is 2.33. The van der Waals surface area contributed by atoms with Crippen molar-refractivity contribution in [2.45, 2.75) is 13.0 Å². The van der Waals surface area contributed by atoms with E-state index in [1.807, 2.05) is 55.5 Å². The number of methoxy groups -OCH3 is 1. The summed E-state index contributed by atoms with van der Waals surface area (Å²) in [5.74, 6) is -0.703. The number of benzene rings is 2. The number of carbonyl (C=O) groups excluding carboxylic acids is 2. The van der Waals surface area contributed by atoms with Crippen LogP contribution < -0.4 is 10.6 Å². The van der Waals surface area contributed by atoms with Crippen molar-refractivity contribution < 1.29 is 19.1 Å². The van der Waals surface area contributed by atoms with Gasteiger partial charge in [0.1, 0.15) is 6.61 Å². The van der Waals surface area contributed by atoms with Crippen molar-refractivity contribution in [3.05, 3.63) is 83.1 Å². The number of nitrogens with zero attached hydrogens (tertiary/aromatic N) is 1. The normalized spacial score (nSPS) is 16.0. The monoisotopic (exact) mass is 465 g/mol. The second kappa shape index (κ2) is 11.4. The van der Waals surface area contributed by atoms with Gasteiger partial charge in [-0.05, 0) is 48.5 Å². The topological polar surface area (TPSA) is 79.9 Å². The molecule has 1 aliphatic rings. The average molecular weight is 466 g/mol. The summed E-state index contributed by atoms with van der Waals surface area (Å²) >= 11 is 5.44. The first kappa shape index (κ1) is 24.2. The van der Waals surface area contributed by atoms with Crippen molar-refractivity contribution in [3.8, 4) is 0 Å². The molecule has 0 radical (unpaired) electrons. The second-order valence-corrected chi connectivity index (χ2v) is 7.81. The van der Waals surface area contributed by atoms with E-state index in [0.29, 0.717) is 28.7 Å². The van der Waals surface area contributed by atoms with Crippen molar-refractivity contribution >= 4 is 41.0 Å². The van der Waals surface area contributed by atoms with Gasteiger partial charge in [-0.15, -0.1) is 0 Å². The molecule has 1 unspecified atom stereocenters. The average Bonchev–Trinajstić information content (AvgIpc) is 2.82. The van der Waals surface area contributed by atoms with E-state index in [9.17, 15) is 9.59 Å². The first-order valence-electron chi connectivity index (χ1n) is 10.5. The zero-order chi connectivity index (χ0) is 23.8. The van der Waals surface area contributed by atoms with Gasteiger partial charge in [0.15, 0.2) is 5.11 Å². The van der Waals surface area contributed by atoms with E-state index in [0.717, 1.165) is 11.1 Å². The Morgan fingerprint density at radius 3 is 2.64 bits per heavy atom. The molecular weight excluding hydrogens is 438 g/mol. The number of allylic oxidation sites excluding steroid dienone is 1. The Bertz CT molecular complexity index is 1080. The summed E-state index contributed by atoms with van der Waals surface area (Å²) in [5.41, 5.74) is 3.46. The molecular formula is C25H27N3O4S. The summed E-state index contributed by atoms with van der Waals surface area (Å²) in [6.07, 6.45) is 3.23. The van der Waals surface area contributed by atoms with Gasteiger partial charge in [-0.1, -0.05) is 42.5 Å². The quantitative estimate of drug-likeness (QED) is 0.267. The van der Waals surface area contributed by atoms with Gasteiger partial charge in [0, 0.05) is 31.6 Å². The van der Waals surface area contributed by atoms with Crippen molar-refractivity contribution in [2.75, 3.05) is 32.7 Å². The highest BCUT2D eigenvalue weighted by Crippen LogP contribution is 2.31. The molecule has 0 aliphatic carbocycles. The molecule has 7 nitrogen and oxygen atoms in total. The predicted octanol–water partition coefficient (Wildman–Crippen LogP) is 3.66. The first-order chi connectivity index (χ1) is 15.9. The highest BCUT2D eigenvalue weighted by atomic mass is 32.1. The summed E-state index contributed by atoms with van der Waals surface area (Å²) in [6.45, 7) is 2.28. The minimum absolute atomic E-state index is 0.150. The number of amides is 1. The zero-order valence-electron chi connectivity index (χ0n) is 18.8. The lowest BCUT2D eigenvalue weighted by molar-refractivity contribution is -0.140. The van der Waals surface area contributed by atoms with Crippen molar-refractivity contribution in [3.63, 3.8) is 0 Å². The van der Waals surface area contributed by atoms with E-state index in [1.165, 1.54) is 6.08 Å². The molecule has 1 atom stereocenters. The maximum Gasteiger partial charge on any atom is 0.338 e. The van der Waals surface area contributed by atoms with Crippen molar-refractivity contribution in [2.24, 2.45) is 0 Å². The number of thiocarbonyl (C=S) groups is 1. The Morgan fingerprint density at radius 2 is 1.91 bits per heavy atom. The van der Waals surface area contributed by atoms with Gasteiger partial charge in [-0.25, -0.2) is 4.79 Å². The molecule has 0 fully saturated rings. The minimum Gasteiger partial charge on any atom is -0.460 e. The van der Waals surface area contributed by atoms with Crippen LogP contribution in [0.2, 0.25) is 0 Å². The van der Waals surface area contributed by atoms with Crippen LogP contribution in [0.4, 0.5) is 5.69 Å². The van der Waals surface area contributed by atoms with Crippen LogP contribution in [-0.4, -0.2) is 49.3 Å². The number of anilines is 1. The lowest BCUT2D eigenvalue weighted by Crippen LogP contribution is -2.46. The summed E-state index contributed by atoms with van der Waals surface area (Å²) in [6, 6.07) is 16.4. The van der Waals surface area contributed by atoms with Gasteiger partial charge in [0.25, 0.3) is 0 Å². The number of hydrogen-bond donors (Lipinski definition) is 2. The largest absolute Gasteiger partial charge is 0.460 e. The summed E-state index contributed by atoms with van der Waals surface area (Å²) in [5, 5.41) is 6.56. The van der Waals surface area contributed by atoms with Gasteiger partial charge in [-0.2, -0.15) is 0 Å². The lowest BCUT2D eigenvalue weighted by atomic mass is 9.95. The van der Waals surface area contributed by atoms with Gasteiger partial charge in [0.05, 0.1) is 18.2 Å². The Kier molecular flexibility index (Phi) is 8.34. The van der Waals surface area contributed by atoms with E-state index in [-0.39, 0.29) is 12.5 Å². The Balaban J connectivity index is 1.81. The van der Waals surface area contributed by atoms with Gasteiger partial charge < -0.3 is 25.0 Å². The van der Waals surface area contributed by atoms with Crippen LogP contribution in [0.1, 0.15) is 24.1 Å². The third kappa shape index (κ3) is 6.27. The van der Waals surface area contributed by atoms with Crippen LogP contribution in [0.15, 0.2) is 71.9 Å². The van der Waals surface area contributed by atoms with Crippen molar-refractivity contribution in [1.82, 2.24) is 10.2 Å². The lowest BCUT2D eigenvalue weighted by Gasteiger charge is -2.35. The molecule has 0 aromatic heterocycles. The first-order valence-corrected chi connectivity index (χ1v) is 10.9. The second-order valence-electron chi connectivity index (χ2n) is 7.43. The molecule has 1 heterocycles. The molecule has 0 saturated carbocycles. The predicted molar refractivity (Wildman–Crippen MR) is 132 cm³/mol. The smallest absolute Gasteiger partial charge is 0.338 e. The summed E-state index contributed by atoms with van der Waals surface area (Å²) in [4.78, 5) is 27.0. The molecule has 172 valence electrons. The maximum atomic E-state index is 12.9. The third-order valence-corrected chi connectivity index (χ3v) is 5.60. The maximum absolute atomic E-state index is 12.9. The Hall–Kier alpha value is -3.49. The van der Waals surface area contributed by atoms with Crippen LogP contribution in [-0.2, 0) is 19.1 Å². The van der Waals surface area contributed by atoms with Gasteiger partial charge in [-0.3, -0.25) is 4.79 Å². The van der Waals surface area contributed by atoms with E-state index >= 15 is 0 Å². The fourth-order valence-electron chi connectivity index (χ4n) is 3.36. The van der Waals surface area contributed by atoms with E-state index in [1.54, 1.807) is 31.2 Å². The molecule has 33 heavy (non-hydrogen) atoms. The fourth-order valence-corrected chi connectivity index (χ4v) is 3.62. The number of carbonyl (C=O) groups is 2. The van der Waals surface area contributed by atoms with Crippen LogP contribution in [0, 0.1) is 0 Å². The number of hydrogen-bond acceptors (Lipinski definition) is 5. The molecule has 0 saturated heterocycles. The van der Waals surface area contributed by atoms with Crippen LogP contribution in [0.5, 0.6) is 0 Å². The molecule has 2 aromatic carbocycles. The zero-order valence-corrected chi connectivity index (χ0v) is 19.6. The Labute approximate surface area is 199 Å². The highest BCUT2D eigenvalue weighted by molar-refractivity contribution is 7.80. The van der Waals surface area contributed by atoms with Crippen LogP contribution in [0.3, 0.4) is 0 Å². The molecule has 1 aliphatic heterocycles. The molecule has 1 amide bonds. The molecule has 8 heteroatoms. The molecule has 2 aromatic rings. The van der Waals surface area contributed by atoms with Crippen LogP contribution in [0.25, 0.3) is 6.08 Å². The molecule has 0 spiro atoms. The number of nitrogens with one attached hydrogen (secondary N) is 2. The number of esters is 1. The summed E-state index contributed by atoms with van der Waals surface area (Å²) < 4.78 is 10.4. The SMILES string of the molecule is COCCOC(=O)C1=C(C)N(C)C(=S)NC1c1cccc(NC(=O)C=Cc2ccccc2)c1. The van der Waals surface area contributed by atoms with E-state index in [4.69, 9.17) is 21.7 Å². The van der Waals surface area contributed by atoms with E-state index < -0.39 is 12.0 Å². The molecule has 3 rings (SSSR count). The van der Waals surface area contributed by atoms with Crippen molar-refractivity contribution in [1.29, 1.82) is 0 Å². The number of rotatable bonds is 8. The fraction of sp³-hybridized carbons (Fsp3) is 0.240. The standard InChI is InChI=1S/C25H27N3O4S/c1-17-22(24(30)32-15-14-31-3)23(27-25(33)28(17)2)19-10-7-11-20(16-19)26-21(29)13-12-18-8-5-4-6-9-18/h4-13,16,23H,14-15H2,1-3H3,(H,26,29)(H,27,33). The molecule has 2 N–H and O–H groups in total. The van der Waals surface area contributed by atoms with Gasteiger partial charge in [0.2, 0.25) is 5.91 Å². The van der Waals surface area contributed by atoms with E-state index in [2.05, 4.69) is 10.6 Å². The summed E-state index contributed by atoms with van der Waals surface area (Å²) in [7, 11) is 3.34. The van der Waals surface area contributed by atoms with Gasteiger partial charge >= 0.3 is 5.97 Å². The molecule has 0 bridgehead atoms. The Morgan fingerprint density at radius 1 is 1.15 bits per heavy atom.